The van der Waals surface area contributed by atoms with Crippen LogP contribution in [0.2, 0.25) is 0 Å². The Morgan fingerprint density at radius 1 is 0.789 bits per heavy atom. The molecule has 5 rings (SSSR count). The first kappa shape index (κ1) is 25.3. The Balaban J connectivity index is 1.12. The number of piperidine rings is 1. The van der Waals surface area contributed by atoms with Crippen LogP contribution in [-0.2, 0) is 9.59 Å². The third kappa shape index (κ3) is 6.48. The Morgan fingerprint density at radius 3 is 2.13 bits per heavy atom. The lowest BCUT2D eigenvalue weighted by atomic mass is 10.1. The molecular weight excluding hydrogens is 476 g/mol. The van der Waals surface area contributed by atoms with Gasteiger partial charge < -0.3 is 20.3 Å². The first-order valence-electron chi connectivity index (χ1n) is 13.1. The summed E-state index contributed by atoms with van der Waals surface area (Å²) in [6, 6.07) is 24.5. The minimum Gasteiger partial charge on any atom is -0.457 e. The molecule has 1 saturated heterocycles. The number of ether oxygens (including phenoxy) is 1. The van der Waals surface area contributed by atoms with Crippen LogP contribution in [0.15, 0.2) is 78.9 Å². The summed E-state index contributed by atoms with van der Waals surface area (Å²) in [5, 5.41) is 6.76. The largest absolute Gasteiger partial charge is 0.457 e. The number of pyridine rings is 1. The molecule has 194 valence electrons. The molecule has 7 heteroatoms. The number of benzene rings is 3. The van der Waals surface area contributed by atoms with Crippen molar-refractivity contribution < 1.29 is 14.3 Å². The fourth-order valence-electron chi connectivity index (χ4n) is 4.64. The molecule has 1 aliphatic heterocycles. The van der Waals surface area contributed by atoms with Gasteiger partial charge in [0.1, 0.15) is 17.3 Å². The lowest BCUT2D eigenvalue weighted by Crippen LogP contribution is -2.30. The third-order valence-electron chi connectivity index (χ3n) is 6.66. The fourth-order valence-corrected chi connectivity index (χ4v) is 4.64. The van der Waals surface area contributed by atoms with Gasteiger partial charge in [-0.1, -0.05) is 18.2 Å². The highest BCUT2D eigenvalue weighted by molar-refractivity contribution is 5.98. The number of carbonyl (C=O) groups is 2. The van der Waals surface area contributed by atoms with E-state index < -0.39 is 0 Å². The van der Waals surface area contributed by atoms with Crippen molar-refractivity contribution in [3.05, 3.63) is 84.4 Å². The van der Waals surface area contributed by atoms with Gasteiger partial charge in [0.25, 0.3) is 0 Å². The number of amides is 2. The summed E-state index contributed by atoms with van der Waals surface area (Å²) in [5.74, 6) is 2.02. The number of nitrogens with zero attached hydrogens (tertiary/aromatic N) is 2. The second kappa shape index (κ2) is 11.8. The summed E-state index contributed by atoms with van der Waals surface area (Å²) in [7, 11) is 0. The monoisotopic (exact) mass is 508 g/mol. The van der Waals surface area contributed by atoms with Crippen molar-refractivity contribution in [3.8, 4) is 11.5 Å². The number of para-hydroxylation sites is 1. The van der Waals surface area contributed by atoms with E-state index in [1.54, 1.807) is 24.3 Å². The number of carbonyl (C=O) groups excluding carboxylic acids is 2. The molecule has 2 heterocycles. The summed E-state index contributed by atoms with van der Waals surface area (Å²) in [6.07, 6.45) is 3.87. The maximum absolute atomic E-state index is 12.5. The van der Waals surface area contributed by atoms with Crippen LogP contribution in [0.4, 0.5) is 17.2 Å². The average Bonchev–Trinajstić information content (AvgIpc) is 2.94. The number of fused-ring (bicyclic) bond motifs is 1. The summed E-state index contributed by atoms with van der Waals surface area (Å²) in [4.78, 5) is 32.1. The van der Waals surface area contributed by atoms with E-state index in [4.69, 9.17) is 9.72 Å². The van der Waals surface area contributed by atoms with Crippen LogP contribution < -0.4 is 20.3 Å². The predicted octanol–water partition coefficient (Wildman–Crippen LogP) is 6.68. The van der Waals surface area contributed by atoms with Crippen molar-refractivity contribution in [2.75, 3.05) is 28.6 Å². The van der Waals surface area contributed by atoms with Crippen LogP contribution in [-0.4, -0.2) is 29.9 Å². The van der Waals surface area contributed by atoms with Crippen molar-refractivity contribution in [2.24, 2.45) is 0 Å². The third-order valence-corrected chi connectivity index (χ3v) is 6.66. The van der Waals surface area contributed by atoms with Crippen LogP contribution in [0.3, 0.4) is 0 Å². The van der Waals surface area contributed by atoms with Gasteiger partial charge in [-0.2, -0.15) is 0 Å². The SMILES string of the molecule is Cc1cc(N2CCCCC2)nc2ccc(NC(=O)CCC(=O)Nc3ccc(Oc4ccccc4)cc3)cc12. The maximum Gasteiger partial charge on any atom is 0.224 e. The van der Waals surface area contributed by atoms with Gasteiger partial charge in [0.15, 0.2) is 0 Å². The molecule has 7 nitrogen and oxygen atoms in total. The number of rotatable bonds is 8. The molecule has 0 atom stereocenters. The molecule has 0 unspecified atom stereocenters. The topological polar surface area (TPSA) is 83.6 Å². The van der Waals surface area contributed by atoms with E-state index in [1.165, 1.54) is 19.3 Å². The predicted molar refractivity (Wildman–Crippen MR) is 152 cm³/mol. The van der Waals surface area contributed by atoms with E-state index in [9.17, 15) is 9.59 Å². The van der Waals surface area contributed by atoms with Crippen molar-refractivity contribution >= 4 is 39.9 Å². The molecule has 3 aromatic carbocycles. The van der Waals surface area contributed by atoms with Crippen molar-refractivity contribution in [1.29, 1.82) is 0 Å². The number of anilines is 3. The smallest absolute Gasteiger partial charge is 0.224 e. The van der Waals surface area contributed by atoms with Gasteiger partial charge in [-0.05, 0) is 92.4 Å². The van der Waals surface area contributed by atoms with Gasteiger partial charge in [0.05, 0.1) is 5.52 Å². The maximum atomic E-state index is 12.5. The van der Waals surface area contributed by atoms with E-state index >= 15 is 0 Å². The van der Waals surface area contributed by atoms with E-state index in [1.807, 2.05) is 48.5 Å². The molecule has 0 aliphatic carbocycles. The molecule has 4 aromatic rings. The molecule has 2 amide bonds. The number of nitrogens with one attached hydrogen (secondary N) is 2. The highest BCUT2D eigenvalue weighted by atomic mass is 16.5. The van der Waals surface area contributed by atoms with Crippen LogP contribution in [0.1, 0.15) is 37.7 Å². The summed E-state index contributed by atoms with van der Waals surface area (Å²) < 4.78 is 5.77. The van der Waals surface area contributed by atoms with Gasteiger partial charge in [0, 0.05) is 42.7 Å². The van der Waals surface area contributed by atoms with Crippen molar-refractivity contribution in [3.63, 3.8) is 0 Å². The Kier molecular flexibility index (Phi) is 7.83. The Labute approximate surface area is 222 Å². The van der Waals surface area contributed by atoms with Crippen LogP contribution in [0.5, 0.6) is 11.5 Å². The number of hydrogen-bond donors (Lipinski definition) is 2. The highest BCUT2D eigenvalue weighted by Crippen LogP contribution is 2.27. The molecule has 0 bridgehead atoms. The highest BCUT2D eigenvalue weighted by Gasteiger charge is 2.14. The minimum atomic E-state index is -0.222. The van der Waals surface area contributed by atoms with E-state index in [-0.39, 0.29) is 24.7 Å². The van der Waals surface area contributed by atoms with Gasteiger partial charge in [-0.25, -0.2) is 4.98 Å². The molecular formula is C31H32N4O3. The quantitative estimate of drug-likeness (QED) is 0.277. The fraction of sp³-hybridized carbons (Fsp3) is 0.258. The first-order chi connectivity index (χ1) is 18.5. The standard InChI is InChI=1S/C31H32N4O3/c1-22-20-29(35-18-6-3-7-19-35)34-28-15-12-24(21-27(22)28)33-31(37)17-16-30(36)32-23-10-13-26(14-11-23)38-25-8-4-2-5-9-25/h2,4-5,8-15,20-21H,3,6-7,16-19H2,1H3,(H,32,36)(H,33,37). The molecule has 1 aliphatic rings. The van der Waals surface area contributed by atoms with E-state index in [0.717, 1.165) is 41.1 Å². The molecule has 38 heavy (non-hydrogen) atoms. The second-order valence-electron chi connectivity index (χ2n) is 9.61. The minimum absolute atomic E-state index is 0.0848. The number of aryl methyl sites for hydroxylation is 1. The normalized spacial score (nSPS) is 13.2. The molecule has 2 N–H and O–H groups in total. The Morgan fingerprint density at radius 2 is 1.42 bits per heavy atom. The van der Waals surface area contributed by atoms with Crippen LogP contribution >= 0.6 is 0 Å². The molecule has 1 fully saturated rings. The summed E-state index contributed by atoms with van der Waals surface area (Å²) in [5.41, 5.74) is 3.40. The zero-order chi connectivity index (χ0) is 26.3. The number of aromatic nitrogens is 1. The Bertz CT molecular complexity index is 1410. The average molecular weight is 509 g/mol. The van der Waals surface area contributed by atoms with Gasteiger partial charge in [-0.15, -0.1) is 0 Å². The summed E-state index contributed by atoms with van der Waals surface area (Å²) in [6.45, 7) is 4.18. The zero-order valence-electron chi connectivity index (χ0n) is 21.6. The van der Waals surface area contributed by atoms with Crippen molar-refractivity contribution in [1.82, 2.24) is 4.98 Å². The molecule has 0 radical (unpaired) electrons. The lowest BCUT2D eigenvalue weighted by Gasteiger charge is -2.28. The van der Waals surface area contributed by atoms with Crippen LogP contribution in [0, 0.1) is 6.92 Å². The van der Waals surface area contributed by atoms with Gasteiger partial charge in [-0.3, -0.25) is 9.59 Å². The molecule has 0 saturated carbocycles. The van der Waals surface area contributed by atoms with Gasteiger partial charge >= 0.3 is 0 Å². The van der Waals surface area contributed by atoms with Crippen molar-refractivity contribution in [2.45, 2.75) is 39.0 Å². The second-order valence-corrected chi connectivity index (χ2v) is 9.61. The molecule has 0 spiro atoms. The Hall–Kier alpha value is -4.39. The zero-order valence-corrected chi connectivity index (χ0v) is 21.6. The first-order valence-corrected chi connectivity index (χ1v) is 13.1. The molecule has 1 aromatic heterocycles. The lowest BCUT2D eigenvalue weighted by molar-refractivity contribution is -0.121. The number of hydrogen-bond acceptors (Lipinski definition) is 5. The van der Waals surface area contributed by atoms with E-state index in [0.29, 0.717) is 17.1 Å². The van der Waals surface area contributed by atoms with E-state index in [2.05, 4.69) is 28.5 Å². The van der Waals surface area contributed by atoms with Crippen LogP contribution in [0.25, 0.3) is 10.9 Å². The summed E-state index contributed by atoms with van der Waals surface area (Å²) >= 11 is 0. The van der Waals surface area contributed by atoms with Gasteiger partial charge in [0.2, 0.25) is 11.8 Å².